The minimum absolute atomic E-state index is 0. The molecule has 2 unspecified atom stereocenters. The van der Waals surface area contributed by atoms with Crippen molar-refractivity contribution in [1.82, 2.24) is 10.6 Å². The highest BCUT2D eigenvalue weighted by Gasteiger charge is 2.25. The minimum atomic E-state index is 0. The highest BCUT2D eigenvalue weighted by atomic mass is 35.5. The molecule has 3 saturated heterocycles. The third-order valence-corrected chi connectivity index (χ3v) is 2.17. The number of piperazine rings is 1. The van der Waals surface area contributed by atoms with Crippen molar-refractivity contribution in [2.24, 2.45) is 0 Å². The van der Waals surface area contributed by atoms with E-state index in [1.807, 2.05) is 0 Å². The molecule has 2 nitrogen and oxygen atoms in total. The maximum atomic E-state index is 3.46. The van der Waals surface area contributed by atoms with Crippen LogP contribution in [0.15, 0.2) is 0 Å². The number of fused-ring (bicyclic) bond motifs is 3. The summed E-state index contributed by atoms with van der Waals surface area (Å²) in [6.45, 7) is 2.40. The van der Waals surface area contributed by atoms with Gasteiger partial charge in [-0.1, -0.05) is 0 Å². The summed E-state index contributed by atoms with van der Waals surface area (Å²) in [5.74, 6) is 0. The molecule has 2 N–H and O–H groups in total. The van der Waals surface area contributed by atoms with Gasteiger partial charge in [0, 0.05) is 25.2 Å². The molecule has 0 aromatic rings. The molecule has 62 valence electrons. The minimum Gasteiger partial charge on any atom is -0.311 e. The first-order valence-electron chi connectivity index (χ1n) is 3.42. The number of rotatable bonds is 0. The average molecular weight is 185 g/mol. The predicted octanol–water partition coefficient (Wildman–Crippen LogP) is 0.554. The molecule has 3 aliphatic heterocycles. The summed E-state index contributed by atoms with van der Waals surface area (Å²) < 4.78 is 0. The van der Waals surface area contributed by atoms with E-state index in [1.165, 1.54) is 25.9 Å². The first kappa shape index (κ1) is 10.5. The maximum Gasteiger partial charge on any atom is 0.0193 e. The van der Waals surface area contributed by atoms with Gasteiger partial charge in [0.05, 0.1) is 0 Å². The summed E-state index contributed by atoms with van der Waals surface area (Å²) in [6, 6.07) is 1.58. The standard InChI is InChI=1S/C6H12N2.2ClH/c1-2-6-4-7-5(1)3-8-6;;/h5-8H,1-4H2;2*1H. The molecule has 2 bridgehead atoms. The molecule has 0 spiro atoms. The van der Waals surface area contributed by atoms with Crippen LogP contribution in [0.1, 0.15) is 12.8 Å². The van der Waals surface area contributed by atoms with E-state index in [9.17, 15) is 0 Å². The third kappa shape index (κ3) is 1.99. The van der Waals surface area contributed by atoms with Gasteiger partial charge in [-0.25, -0.2) is 0 Å². The predicted molar refractivity (Wildman–Crippen MR) is 47.3 cm³/mol. The molecular weight excluding hydrogens is 171 g/mol. The number of nitrogens with one attached hydrogen (secondary N) is 2. The fraction of sp³-hybridized carbons (Fsp3) is 1.00. The van der Waals surface area contributed by atoms with Crippen molar-refractivity contribution >= 4 is 24.8 Å². The zero-order valence-electron chi connectivity index (χ0n) is 5.80. The highest BCUT2D eigenvalue weighted by Crippen LogP contribution is 2.12. The number of hydrogen-bond donors (Lipinski definition) is 2. The Balaban J connectivity index is 0.000000405. The van der Waals surface area contributed by atoms with E-state index in [0.29, 0.717) is 0 Å². The first-order valence-corrected chi connectivity index (χ1v) is 3.42. The Morgan fingerprint density at radius 2 is 1.20 bits per heavy atom. The van der Waals surface area contributed by atoms with E-state index in [-0.39, 0.29) is 24.8 Å². The van der Waals surface area contributed by atoms with Crippen molar-refractivity contribution in [2.45, 2.75) is 24.9 Å². The second-order valence-corrected chi connectivity index (χ2v) is 2.79. The molecule has 0 saturated carbocycles. The topological polar surface area (TPSA) is 24.1 Å². The van der Waals surface area contributed by atoms with Crippen LogP contribution in [0.2, 0.25) is 0 Å². The van der Waals surface area contributed by atoms with Gasteiger partial charge < -0.3 is 10.6 Å². The van der Waals surface area contributed by atoms with Crippen molar-refractivity contribution in [3.05, 3.63) is 0 Å². The third-order valence-electron chi connectivity index (χ3n) is 2.17. The zero-order chi connectivity index (χ0) is 5.40. The molecule has 10 heavy (non-hydrogen) atoms. The van der Waals surface area contributed by atoms with Crippen LogP contribution in [0.25, 0.3) is 0 Å². The summed E-state index contributed by atoms with van der Waals surface area (Å²) in [5.41, 5.74) is 0. The van der Waals surface area contributed by atoms with Gasteiger partial charge in [-0.2, -0.15) is 0 Å². The van der Waals surface area contributed by atoms with Crippen LogP contribution in [0.5, 0.6) is 0 Å². The van der Waals surface area contributed by atoms with Gasteiger partial charge in [0.2, 0.25) is 0 Å². The zero-order valence-corrected chi connectivity index (χ0v) is 7.43. The quantitative estimate of drug-likeness (QED) is 0.576. The second-order valence-electron chi connectivity index (χ2n) is 2.79. The Morgan fingerprint density at radius 1 is 0.800 bits per heavy atom. The fourth-order valence-corrected chi connectivity index (χ4v) is 1.57. The number of halogens is 2. The summed E-state index contributed by atoms with van der Waals surface area (Å²) >= 11 is 0. The van der Waals surface area contributed by atoms with Gasteiger partial charge in [-0.05, 0) is 12.8 Å². The molecule has 3 aliphatic rings. The molecule has 0 amide bonds. The highest BCUT2D eigenvalue weighted by molar-refractivity contribution is 5.85. The van der Waals surface area contributed by atoms with Crippen molar-refractivity contribution in [1.29, 1.82) is 0 Å². The van der Waals surface area contributed by atoms with E-state index in [4.69, 9.17) is 0 Å². The summed E-state index contributed by atoms with van der Waals surface area (Å²) in [7, 11) is 0. The molecule has 4 heteroatoms. The van der Waals surface area contributed by atoms with Crippen LogP contribution in [-0.4, -0.2) is 25.2 Å². The smallest absolute Gasteiger partial charge is 0.0193 e. The normalized spacial score (nSPS) is 36.0. The molecule has 0 aromatic carbocycles. The lowest BCUT2D eigenvalue weighted by atomic mass is 9.96. The SMILES string of the molecule is C1CC2CNC1CN2.Cl.Cl. The van der Waals surface area contributed by atoms with Crippen molar-refractivity contribution in [3.63, 3.8) is 0 Å². The van der Waals surface area contributed by atoms with Crippen molar-refractivity contribution < 1.29 is 0 Å². The molecule has 2 atom stereocenters. The van der Waals surface area contributed by atoms with Crippen LogP contribution in [-0.2, 0) is 0 Å². The van der Waals surface area contributed by atoms with Gasteiger partial charge in [-0.15, -0.1) is 24.8 Å². The lowest BCUT2D eigenvalue weighted by Gasteiger charge is -2.37. The largest absolute Gasteiger partial charge is 0.311 e. The molecular formula is C6H14Cl2N2. The Hall–Kier alpha value is 0.500. The van der Waals surface area contributed by atoms with Crippen LogP contribution >= 0.6 is 24.8 Å². The lowest BCUT2D eigenvalue weighted by molar-refractivity contribution is 0.251. The van der Waals surface area contributed by atoms with Crippen LogP contribution in [0.3, 0.4) is 0 Å². The van der Waals surface area contributed by atoms with Gasteiger partial charge in [0.1, 0.15) is 0 Å². The number of hydrogen-bond acceptors (Lipinski definition) is 2. The van der Waals surface area contributed by atoms with Gasteiger partial charge >= 0.3 is 0 Å². The molecule has 0 aliphatic carbocycles. The molecule has 0 aromatic heterocycles. The van der Waals surface area contributed by atoms with Crippen molar-refractivity contribution in [2.75, 3.05) is 13.1 Å². The van der Waals surface area contributed by atoms with Crippen LogP contribution < -0.4 is 10.6 Å². The van der Waals surface area contributed by atoms with E-state index < -0.39 is 0 Å². The van der Waals surface area contributed by atoms with Crippen LogP contribution in [0.4, 0.5) is 0 Å². The molecule has 3 fully saturated rings. The van der Waals surface area contributed by atoms with E-state index in [2.05, 4.69) is 10.6 Å². The van der Waals surface area contributed by atoms with Gasteiger partial charge in [-0.3, -0.25) is 0 Å². The number of piperidine rings is 2. The fourth-order valence-electron chi connectivity index (χ4n) is 1.57. The maximum absolute atomic E-state index is 3.46. The summed E-state index contributed by atoms with van der Waals surface area (Å²) in [5, 5.41) is 6.91. The van der Waals surface area contributed by atoms with E-state index in [0.717, 1.165) is 12.1 Å². The van der Waals surface area contributed by atoms with Gasteiger partial charge in [0.25, 0.3) is 0 Å². The Morgan fingerprint density at radius 3 is 1.30 bits per heavy atom. The first-order chi connectivity index (χ1) is 3.95. The van der Waals surface area contributed by atoms with Gasteiger partial charge in [0.15, 0.2) is 0 Å². The van der Waals surface area contributed by atoms with E-state index in [1.54, 1.807) is 0 Å². The molecule has 0 radical (unpaired) electrons. The van der Waals surface area contributed by atoms with E-state index >= 15 is 0 Å². The monoisotopic (exact) mass is 184 g/mol. The van der Waals surface area contributed by atoms with Crippen molar-refractivity contribution in [3.8, 4) is 0 Å². The summed E-state index contributed by atoms with van der Waals surface area (Å²) in [6.07, 6.45) is 2.77. The Bertz CT molecular complexity index is 68.7. The summed E-state index contributed by atoms with van der Waals surface area (Å²) in [4.78, 5) is 0. The molecule has 3 heterocycles. The lowest BCUT2D eigenvalue weighted by Crippen LogP contribution is -2.58. The Labute approximate surface area is 74.0 Å². The van der Waals surface area contributed by atoms with Crippen LogP contribution in [0, 0.1) is 0 Å². The Kier molecular flexibility index (Phi) is 4.61. The average Bonchev–Trinajstić information content (AvgIpc) is 1.92. The molecule has 3 rings (SSSR count). The second kappa shape index (κ2) is 4.39.